The van der Waals surface area contributed by atoms with Crippen LogP contribution < -0.4 is 5.32 Å². The van der Waals surface area contributed by atoms with Gasteiger partial charge in [0, 0.05) is 24.2 Å². The molecule has 1 amide bonds. The van der Waals surface area contributed by atoms with E-state index in [1.54, 1.807) is 0 Å². The van der Waals surface area contributed by atoms with E-state index >= 15 is 0 Å². The Labute approximate surface area is 121 Å². The first kappa shape index (κ1) is 15.1. The Morgan fingerprint density at radius 1 is 1.35 bits per heavy atom. The van der Waals surface area contributed by atoms with Crippen LogP contribution in [0.3, 0.4) is 0 Å². The van der Waals surface area contributed by atoms with Crippen molar-refractivity contribution in [2.75, 3.05) is 13.1 Å². The molecule has 0 bridgehead atoms. The van der Waals surface area contributed by atoms with Gasteiger partial charge < -0.3 is 14.6 Å². The minimum absolute atomic E-state index is 0.0977. The second kappa shape index (κ2) is 6.00. The fraction of sp³-hybridized carbons (Fsp3) is 0.688. The number of carbonyl (C=O) groups excluding carboxylic acids is 1. The summed E-state index contributed by atoms with van der Waals surface area (Å²) in [5.41, 5.74) is 1.71. The minimum Gasteiger partial charge on any atom is -0.466 e. The molecule has 1 unspecified atom stereocenters. The number of nitrogens with one attached hydrogen (secondary N) is 1. The van der Waals surface area contributed by atoms with E-state index in [4.69, 9.17) is 4.42 Å². The maximum absolute atomic E-state index is 12.9. The molecule has 0 saturated carbocycles. The van der Waals surface area contributed by atoms with E-state index in [9.17, 15) is 4.79 Å². The van der Waals surface area contributed by atoms with Gasteiger partial charge in [0.05, 0.1) is 5.56 Å². The van der Waals surface area contributed by atoms with Crippen LogP contribution in [0.5, 0.6) is 0 Å². The summed E-state index contributed by atoms with van der Waals surface area (Å²) in [5, 5.41) is 3.47. The zero-order valence-electron chi connectivity index (χ0n) is 13.2. The number of hydrogen-bond donors (Lipinski definition) is 1. The lowest BCUT2D eigenvalue weighted by atomic mass is 10.1. The van der Waals surface area contributed by atoms with Gasteiger partial charge in [0.1, 0.15) is 11.5 Å². The van der Waals surface area contributed by atoms with Crippen LogP contribution in [-0.4, -0.2) is 36.0 Å². The zero-order valence-corrected chi connectivity index (χ0v) is 13.2. The van der Waals surface area contributed by atoms with Crippen LogP contribution in [0.1, 0.15) is 54.1 Å². The molecule has 1 saturated heterocycles. The molecule has 20 heavy (non-hydrogen) atoms. The van der Waals surface area contributed by atoms with E-state index in [0.29, 0.717) is 6.04 Å². The smallest absolute Gasteiger partial charge is 0.257 e. The highest BCUT2D eigenvalue weighted by atomic mass is 16.3. The summed E-state index contributed by atoms with van der Waals surface area (Å²) in [7, 11) is 0. The molecule has 2 rings (SSSR count). The lowest BCUT2D eigenvalue weighted by molar-refractivity contribution is 0.0686. The van der Waals surface area contributed by atoms with Crippen molar-refractivity contribution in [3.63, 3.8) is 0 Å². The fourth-order valence-electron chi connectivity index (χ4n) is 2.93. The third kappa shape index (κ3) is 2.90. The highest BCUT2D eigenvalue weighted by Gasteiger charge is 2.28. The van der Waals surface area contributed by atoms with Gasteiger partial charge in [-0.1, -0.05) is 0 Å². The molecule has 0 radical (unpaired) electrons. The molecule has 1 atom stereocenters. The topological polar surface area (TPSA) is 45.5 Å². The third-order valence-corrected chi connectivity index (χ3v) is 4.24. The first-order valence-electron chi connectivity index (χ1n) is 7.52. The van der Waals surface area contributed by atoms with Crippen molar-refractivity contribution in [3.05, 3.63) is 22.6 Å². The fourth-order valence-corrected chi connectivity index (χ4v) is 2.93. The van der Waals surface area contributed by atoms with Gasteiger partial charge >= 0.3 is 0 Å². The van der Waals surface area contributed by atoms with E-state index in [-0.39, 0.29) is 11.9 Å². The Hall–Kier alpha value is -1.29. The van der Waals surface area contributed by atoms with Crippen LogP contribution >= 0.6 is 0 Å². The quantitative estimate of drug-likeness (QED) is 0.921. The summed E-state index contributed by atoms with van der Waals surface area (Å²) < 4.78 is 5.60. The maximum Gasteiger partial charge on any atom is 0.257 e. The normalized spacial score (nSPS) is 18.8. The van der Waals surface area contributed by atoms with Crippen molar-refractivity contribution in [2.24, 2.45) is 0 Å². The van der Waals surface area contributed by atoms with E-state index in [2.05, 4.69) is 19.2 Å². The molecule has 1 aromatic rings. The molecule has 1 aromatic heterocycles. The molecule has 1 N–H and O–H groups in total. The standard InChI is InChI=1S/C16H26N2O2/c1-10(2)18(9-14-7-6-8-17-14)16(19)15-11(3)12(4)20-13(15)5/h10,14,17H,6-9H2,1-5H3. The van der Waals surface area contributed by atoms with Crippen molar-refractivity contribution in [3.8, 4) is 0 Å². The molecule has 112 valence electrons. The van der Waals surface area contributed by atoms with Crippen molar-refractivity contribution < 1.29 is 9.21 Å². The molecule has 0 aliphatic carbocycles. The number of amides is 1. The minimum atomic E-state index is 0.0977. The van der Waals surface area contributed by atoms with Gasteiger partial charge in [0.25, 0.3) is 5.91 Å². The van der Waals surface area contributed by atoms with Gasteiger partial charge in [0.2, 0.25) is 0 Å². The predicted molar refractivity (Wildman–Crippen MR) is 80.1 cm³/mol. The summed E-state index contributed by atoms with van der Waals surface area (Å²) in [6, 6.07) is 0.619. The lowest BCUT2D eigenvalue weighted by Crippen LogP contribution is -2.45. The largest absolute Gasteiger partial charge is 0.466 e. The monoisotopic (exact) mass is 278 g/mol. The SMILES string of the molecule is Cc1oc(C)c(C(=O)N(CC2CCCN2)C(C)C)c1C. The van der Waals surface area contributed by atoms with E-state index in [1.807, 2.05) is 25.7 Å². The molecule has 4 nitrogen and oxygen atoms in total. The highest BCUT2D eigenvalue weighted by molar-refractivity contribution is 5.97. The van der Waals surface area contributed by atoms with Crippen LogP contribution in [0, 0.1) is 20.8 Å². The maximum atomic E-state index is 12.9. The van der Waals surface area contributed by atoms with Gasteiger partial charge in [-0.2, -0.15) is 0 Å². The van der Waals surface area contributed by atoms with E-state index in [1.165, 1.54) is 6.42 Å². The van der Waals surface area contributed by atoms with Gasteiger partial charge in [0.15, 0.2) is 0 Å². The van der Waals surface area contributed by atoms with Gasteiger partial charge in [-0.15, -0.1) is 0 Å². The number of carbonyl (C=O) groups is 1. The van der Waals surface area contributed by atoms with Crippen LogP contribution in [0.15, 0.2) is 4.42 Å². The van der Waals surface area contributed by atoms with Gasteiger partial charge in [-0.25, -0.2) is 0 Å². The number of rotatable bonds is 4. The highest BCUT2D eigenvalue weighted by Crippen LogP contribution is 2.23. The third-order valence-electron chi connectivity index (χ3n) is 4.24. The molecule has 0 aromatic carbocycles. The summed E-state index contributed by atoms with van der Waals surface area (Å²) >= 11 is 0. The predicted octanol–water partition coefficient (Wildman–Crippen LogP) is 2.81. The average Bonchev–Trinajstić information content (AvgIpc) is 2.95. The average molecular weight is 278 g/mol. The number of aryl methyl sites for hydroxylation is 2. The first-order chi connectivity index (χ1) is 9.41. The number of furan rings is 1. The molecular formula is C16H26N2O2. The number of hydrogen-bond acceptors (Lipinski definition) is 3. The first-order valence-corrected chi connectivity index (χ1v) is 7.52. The second-order valence-corrected chi connectivity index (χ2v) is 6.06. The molecular weight excluding hydrogens is 252 g/mol. The van der Waals surface area contributed by atoms with E-state index < -0.39 is 0 Å². The van der Waals surface area contributed by atoms with Gasteiger partial charge in [-0.05, 0) is 54.0 Å². The zero-order chi connectivity index (χ0) is 14.9. The van der Waals surface area contributed by atoms with Crippen LogP contribution in [0.2, 0.25) is 0 Å². The van der Waals surface area contributed by atoms with Crippen LogP contribution in [0.25, 0.3) is 0 Å². The summed E-state index contributed by atoms with van der Waals surface area (Å²) in [6.45, 7) is 11.7. The second-order valence-electron chi connectivity index (χ2n) is 6.06. The summed E-state index contributed by atoms with van der Waals surface area (Å²) in [4.78, 5) is 14.8. The van der Waals surface area contributed by atoms with Crippen LogP contribution in [-0.2, 0) is 0 Å². The Morgan fingerprint density at radius 2 is 2.05 bits per heavy atom. The Bertz CT molecular complexity index is 485. The van der Waals surface area contributed by atoms with Crippen molar-refractivity contribution in [1.82, 2.24) is 10.2 Å². The molecule has 0 spiro atoms. The number of nitrogens with zero attached hydrogens (tertiary/aromatic N) is 1. The molecule has 2 heterocycles. The van der Waals surface area contributed by atoms with Crippen LogP contribution in [0.4, 0.5) is 0 Å². The molecule has 1 fully saturated rings. The van der Waals surface area contributed by atoms with Crippen molar-refractivity contribution in [2.45, 2.75) is 59.5 Å². The summed E-state index contributed by atoms with van der Waals surface area (Å²) in [5.74, 6) is 1.67. The summed E-state index contributed by atoms with van der Waals surface area (Å²) in [6.07, 6.45) is 2.35. The van der Waals surface area contributed by atoms with Gasteiger partial charge in [-0.3, -0.25) is 4.79 Å². The molecule has 4 heteroatoms. The Balaban J connectivity index is 2.22. The lowest BCUT2D eigenvalue weighted by Gasteiger charge is -2.29. The Morgan fingerprint density at radius 3 is 2.50 bits per heavy atom. The van der Waals surface area contributed by atoms with Crippen molar-refractivity contribution in [1.29, 1.82) is 0 Å². The van der Waals surface area contributed by atoms with E-state index in [0.717, 1.165) is 42.2 Å². The Kier molecular flexibility index (Phi) is 4.53. The van der Waals surface area contributed by atoms with Crippen molar-refractivity contribution >= 4 is 5.91 Å². The molecule has 1 aliphatic rings. The molecule has 1 aliphatic heterocycles.